The number of rotatable bonds is 3. The van der Waals surface area contributed by atoms with Crippen molar-refractivity contribution in [3.8, 4) is 0 Å². The van der Waals surface area contributed by atoms with Gasteiger partial charge >= 0.3 is 0 Å². The van der Waals surface area contributed by atoms with Gasteiger partial charge in [-0.3, -0.25) is 4.79 Å². The van der Waals surface area contributed by atoms with Crippen molar-refractivity contribution in [3.63, 3.8) is 0 Å². The van der Waals surface area contributed by atoms with Crippen molar-refractivity contribution in [2.24, 2.45) is 0 Å². The molecule has 1 aromatic heterocycles. The van der Waals surface area contributed by atoms with Crippen molar-refractivity contribution in [2.75, 3.05) is 12.8 Å². The molecule has 1 aliphatic carbocycles. The first-order valence-electron chi connectivity index (χ1n) is 4.62. The molecule has 1 amide bonds. The number of nitrogens with two attached hydrogens (primary N) is 1. The van der Waals surface area contributed by atoms with Gasteiger partial charge in [-0.1, -0.05) is 0 Å². The van der Waals surface area contributed by atoms with Crippen molar-refractivity contribution in [1.29, 1.82) is 0 Å². The van der Waals surface area contributed by atoms with E-state index in [4.69, 9.17) is 10.5 Å². The highest BCUT2D eigenvalue weighted by Gasteiger charge is 2.31. The van der Waals surface area contributed by atoms with Crippen molar-refractivity contribution in [3.05, 3.63) is 5.69 Å². The summed E-state index contributed by atoms with van der Waals surface area (Å²) in [6.45, 7) is 0. The van der Waals surface area contributed by atoms with Gasteiger partial charge in [-0.05, 0) is 23.2 Å². The Kier molecular flexibility index (Phi) is 2.55. The summed E-state index contributed by atoms with van der Waals surface area (Å²) < 4.78 is 9.42. The van der Waals surface area contributed by atoms with Crippen LogP contribution in [0, 0.1) is 0 Å². The first-order valence-corrected chi connectivity index (χ1v) is 4.62. The second kappa shape index (κ2) is 3.85. The summed E-state index contributed by atoms with van der Waals surface area (Å²) >= 11 is 0. The molecule has 15 heavy (non-hydrogen) atoms. The third kappa shape index (κ3) is 1.91. The fraction of sp³-hybridized carbons (Fsp3) is 0.625. The molecule has 0 atom stereocenters. The van der Waals surface area contributed by atoms with Crippen LogP contribution in [-0.2, 0) is 4.74 Å². The summed E-state index contributed by atoms with van der Waals surface area (Å²) in [5.41, 5.74) is 5.42. The first-order chi connectivity index (χ1) is 7.20. The SMILES string of the molecule is COC1CC(NC(=O)c2nonc2N)C1. The van der Waals surface area contributed by atoms with Crippen LogP contribution in [0.5, 0.6) is 0 Å². The molecule has 2 rings (SSSR count). The van der Waals surface area contributed by atoms with Crippen molar-refractivity contribution in [2.45, 2.75) is 25.0 Å². The van der Waals surface area contributed by atoms with Crippen LogP contribution in [0.3, 0.4) is 0 Å². The normalized spacial score (nSPS) is 24.6. The smallest absolute Gasteiger partial charge is 0.277 e. The minimum Gasteiger partial charge on any atom is -0.381 e. The van der Waals surface area contributed by atoms with Gasteiger partial charge in [-0.2, -0.15) is 0 Å². The summed E-state index contributed by atoms with van der Waals surface area (Å²) in [7, 11) is 1.66. The molecule has 82 valence electrons. The number of hydrogen-bond acceptors (Lipinski definition) is 6. The van der Waals surface area contributed by atoms with Gasteiger partial charge in [-0.15, -0.1) is 0 Å². The number of nitrogen functional groups attached to an aromatic ring is 1. The molecule has 0 bridgehead atoms. The molecule has 0 radical (unpaired) electrons. The summed E-state index contributed by atoms with van der Waals surface area (Å²) in [5.74, 6) is -0.344. The minimum atomic E-state index is -0.353. The predicted molar refractivity (Wildman–Crippen MR) is 50.0 cm³/mol. The number of carbonyl (C=O) groups is 1. The van der Waals surface area contributed by atoms with Crippen LogP contribution in [0.15, 0.2) is 4.63 Å². The van der Waals surface area contributed by atoms with E-state index in [1.165, 1.54) is 0 Å². The highest BCUT2D eigenvalue weighted by molar-refractivity contribution is 5.96. The average Bonchev–Trinajstić information content (AvgIpc) is 2.56. The standard InChI is InChI=1S/C8H12N4O3/c1-14-5-2-4(3-5)10-8(13)6-7(9)12-15-11-6/h4-5H,2-3H2,1H3,(H2,9,12)(H,10,13). The Hall–Kier alpha value is -1.63. The van der Waals surface area contributed by atoms with Gasteiger partial charge in [0.2, 0.25) is 11.5 Å². The zero-order valence-electron chi connectivity index (χ0n) is 8.27. The highest BCUT2D eigenvalue weighted by atomic mass is 16.6. The Morgan fingerprint density at radius 3 is 2.87 bits per heavy atom. The zero-order valence-corrected chi connectivity index (χ0v) is 8.27. The molecule has 0 unspecified atom stereocenters. The zero-order chi connectivity index (χ0) is 10.8. The molecule has 1 aliphatic rings. The Bertz CT molecular complexity index is 359. The van der Waals surface area contributed by atoms with Crippen LogP contribution in [0.2, 0.25) is 0 Å². The van der Waals surface area contributed by atoms with Crippen LogP contribution in [0.25, 0.3) is 0 Å². The average molecular weight is 212 g/mol. The largest absolute Gasteiger partial charge is 0.381 e. The number of amides is 1. The first kappa shape index (κ1) is 9.91. The van der Waals surface area contributed by atoms with Gasteiger partial charge in [0.15, 0.2) is 0 Å². The summed E-state index contributed by atoms with van der Waals surface area (Å²) in [6.07, 6.45) is 1.86. The predicted octanol–water partition coefficient (Wildman–Crippen LogP) is -0.441. The van der Waals surface area contributed by atoms with E-state index in [0.29, 0.717) is 0 Å². The van der Waals surface area contributed by atoms with E-state index in [-0.39, 0.29) is 29.6 Å². The third-order valence-electron chi connectivity index (χ3n) is 2.49. The summed E-state index contributed by atoms with van der Waals surface area (Å²) in [5, 5.41) is 9.50. The number of ether oxygens (including phenoxy) is 1. The van der Waals surface area contributed by atoms with Crippen LogP contribution in [-0.4, -0.2) is 35.5 Å². The minimum absolute atomic E-state index is 0.00937. The molecule has 1 saturated carbocycles. The topological polar surface area (TPSA) is 103 Å². The van der Waals surface area contributed by atoms with Crippen LogP contribution >= 0.6 is 0 Å². The molecule has 7 nitrogen and oxygen atoms in total. The summed E-state index contributed by atoms with van der Waals surface area (Å²) in [6, 6.07) is 0.124. The van der Waals surface area contributed by atoms with Crippen LogP contribution < -0.4 is 11.1 Å². The maximum atomic E-state index is 11.5. The van der Waals surface area contributed by atoms with E-state index >= 15 is 0 Å². The Morgan fingerprint density at radius 2 is 2.33 bits per heavy atom. The number of carbonyl (C=O) groups excluding carboxylic acids is 1. The van der Waals surface area contributed by atoms with Crippen molar-refractivity contribution < 1.29 is 14.2 Å². The van der Waals surface area contributed by atoms with E-state index in [0.717, 1.165) is 12.8 Å². The fourth-order valence-electron chi connectivity index (χ4n) is 1.48. The lowest BCUT2D eigenvalue weighted by atomic mass is 9.89. The van der Waals surface area contributed by atoms with E-state index in [9.17, 15) is 4.79 Å². The van der Waals surface area contributed by atoms with Gasteiger partial charge in [-0.25, -0.2) is 4.63 Å². The molecule has 1 heterocycles. The second-order valence-corrected chi connectivity index (χ2v) is 3.50. The molecular weight excluding hydrogens is 200 g/mol. The fourth-order valence-corrected chi connectivity index (χ4v) is 1.48. The maximum Gasteiger partial charge on any atom is 0.277 e. The van der Waals surface area contributed by atoms with E-state index in [1.54, 1.807) is 7.11 Å². The molecule has 3 N–H and O–H groups in total. The molecule has 0 aromatic carbocycles. The molecule has 0 saturated heterocycles. The molecule has 1 fully saturated rings. The number of methoxy groups -OCH3 is 1. The Labute approximate surface area is 85.9 Å². The monoisotopic (exact) mass is 212 g/mol. The van der Waals surface area contributed by atoms with E-state index in [1.807, 2.05) is 0 Å². The molecule has 0 aliphatic heterocycles. The van der Waals surface area contributed by atoms with E-state index in [2.05, 4.69) is 20.3 Å². The van der Waals surface area contributed by atoms with Crippen LogP contribution in [0.1, 0.15) is 23.3 Å². The number of nitrogens with one attached hydrogen (secondary N) is 1. The Balaban J connectivity index is 1.87. The third-order valence-corrected chi connectivity index (χ3v) is 2.49. The number of hydrogen-bond donors (Lipinski definition) is 2. The van der Waals surface area contributed by atoms with Gasteiger partial charge in [0.05, 0.1) is 6.10 Å². The second-order valence-electron chi connectivity index (χ2n) is 3.50. The van der Waals surface area contributed by atoms with Gasteiger partial charge < -0.3 is 15.8 Å². The number of anilines is 1. The van der Waals surface area contributed by atoms with E-state index < -0.39 is 0 Å². The van der Waals surface area contributed by atoms with Gasteiger partial charge in [0, 0.05) is 13.2 Å². The summed E-state index contributed by atoms with van der Waals surface area (Å²) in [4.78, 5) is 11.5. The molecule has 1 aromatic rings. The molecular formula is C8H12N4O3. The highest BCUT2D eigenvalue weighted by Crippen LogP contribution is 2.22. The molecule has 0 spiro atoms. The Morgan fingerprint density at radius 1 is 1.60 bits per heavy atom. The lowest BCUT2D eigenvalue weighted by Crippen LogP contribution is -2.47. The van der Waals surface area contributed by atoms with Gasteiger partial charge in [0.1, 0.15) is 0 Å². The lowest BCUT2D eigenvalue weighted by molar-refractivity contribution is 0.0175. The van der Waals surface area contributed by atoms with Gasteiger partial charge in [0.25, 0.3) is 5.91 Å². The molecule has 7 heteroatoms. The quantitative estimate of drug-likeness (QED) is 0.703. The number of nitrogens with zero attached hydrogens (tertiary/aromatic N) is 2. The number of aromatic nitrogens is 2. The maximum absolute atomic E-state index is 11.5. The lowest BCUT2D eigenvalue weighted by Gasteiger charge is -2.34. The van der Waals surface area contributed by atoms with Crippen LogP contribution in [0.4, 0.5) is 5.82 Å². The van der Waals surface area contributed by atoms with Crippen molar-refractivity contribution in [1.82, 2.24) is 15.6 Å². The van der Waals surface area contributed by atoms with Crippen molar-refractivity contribution >= 4 is 11.7 Å².